The topological polar surface area (TPSA) is 60.3 Å². The van der Waals surface area contributed by atoms with Gasteiger partial charge in [-0.1, -0.05) is 30.3 Å². The van der Waals surface area contributed by atoms with Crippen molar-refractivity contribution in [3.8, 4) is 0 Å². The molecule has 0 spiro atoms. The summed E-state index contributed by atoms with van der Waals surface area (Å²) in [5.41, 5.74) is 3.22. The third kappa shape index (κ3) is 4.19. The normalized spacial score (nSPS) is 10.7. The third-order valence-electron chi connectivity index (χ3n) is 4.53. The van der Waals surface area contributed by atoms with E-state index in [2.05, 4.69) is 5.32 Å². The quantitative estimate of drug-likeness (QED) is 0.479. The van der Waals surface area contributed by atoms with Gasteiger partial charge in [0.15, 0.2) is 5.78 Å². The van der Waals surface area contributed by atoms with Gasteiger partial charge in [0.25, 0.3) is 0 Å². The van der Waals surface area contributed by atoms with Crippen LogP contribution in [0.2, 0.25) is 0 Å². The molecular weight excluding hydrogens is 340 g/mol. The molecule has 5 heteroatoms. The number of ether oxygens (including phenoxy) is 1. The summed E-state index contributed by atoms with van der Waals surface area (Å²) in [6.07, 6.45) is 2.93. The van der Waals surface area contributed by atoms with E-state index in [0.29, 0.717) is 37.1 Å². The van der Waals surface area contributed by atoms with Crippen LogP contribution in [0.5, 0.6) is 0 Å². The number of hydrogen-bond donors (Lipinski definition) is 1. The number of nitrogens with one attached hydrogen (secondary N) is 1. The molecule has 1 N–H and O–H groups in total. The highest BCUT2D eigenvalue weighted by molar-refractivity contribution is 6.16. The molecule has 27 heavy (non-hydrogen) atoms. The lowest BCUT2D eigenvalue weighted by molar-refractivity contribution is -0.143. The van der Waals surface area contributed by atoms with Crippen LogP contribution in [0, 0.1) is 0 Å². The molecular formula is C22H24N2O3. The van der Waals surface area contributed by atoms with E-state index in [4.69, 9.17) is 4.74 Å². The highest BCUT2D eigenvalue weighted by atomic mass is 16.5. The van der Waals surface area contributed by atoms with Crippen molar-refractivity contribution in [2.75, 3.05) is 19.0 Å². The number of aryl methyl sites for hydroxylation is 1. The number of rotatable bonds is 8. The van der Waals surface area contributed by atoms with Crippen molar-refractivity contribution in [1.29, 1.82) is 0 Å². The van der Waals surface area contributed by atoms with E-state index in [1.165, 1.54) is 0 Å². The van der Waals surface area contributed by atoms with Gasteiger partial charge in [-0.05, 0) is 31.5 Å². The molecule has 0 saturated carbocycles. The lowest BCUT2D eigenvalue weighted by atomic mass is 10.0. The maximum Gasteiger partial charge on any atom is 0.305 e. The van der Waals surface area contributed by atoms with Crippen LogP contribution in [0.4, 0.5) is 5.69 Å². The first-order valence-corrected chi connectivity index (χ1v) is 9.20. The maximum absolute atomic E-state index is 13.1. The number of nitrogens with zero attached hydrogens (tertiary/aromatic N) is 1. The first-order chi connectivity index (χ1) is 13.1. The second-order valence-electron chi connectivity index (χ2n) is 6.32. The van der Waals surface area contributed by atoms with Gasteiger partial charge in [0.05, 0.1) is 6.61 Å². The Hall–Kier alpha value is -3.08. The Morgan fingerprint density at radius 1 is 1.11 bits per heavy atom. The minimum Gasteiger partial charge on any atom is -0.466 e. The summed E-state index contributed by atoms with van der Waals surface area (Å²) >= 11 is 0. The van der Waals surface area contributed by atoms with Gasteiger partial charge >= 0.3 is 5.97 Å². The van der Waals surface area contributed by atoms with E-state index in [1.54, 1.807) is 6.92 Å². The van der Waals surface area contributed by atoms with Crippen LogP contribution in [0.15, 0.2) is 54.7 Å². The predicted molar refractivity (Wildman–Crippen MR) is 107 cm³/mol. The van der Waals surface area contributed by atoms with Crippen molar-refractivity contribution < 1.29 is 14.3 Å². The fourth-order valence-electron chi connectivity index (χ4n) is 3.21. The lowest BCUT2D eigenvalue weighted by Crippen LogP contribution is -2.06. The molecule has 0 amide bonds. The molecule has 5 nitrogen and oxygen atoms in total. The molecule has 2 aromatic carbocycles. The second-order valence-corrected chi connectivity index (χ2v) is 6.32. The zero-order valence-corrected chi connectivity index (χ0v) is 15.7. The second kappa shape index (κ2) is 8.54. The molecule has 1 aromatic heterocycles. The summed E-state index contributed by atoms with van der Waals surface area (Å²) in [7, 11) is 1.83. The van der Waals surface area contributed by atoms with Crippen molar-refractivity contribution >= 4 is 28.3 Å². The number of hydrogen-bond acceptors (Lipinski definition) is 4. The molecule has 0 saturated heterocycles. The van der Waals surface area contributed by atoms with E-state index in [0.717, 1.165) is 16.6 Å². The zero-order valence-electron chi connectivity index (χ0n) is 15.7. The molecule has 3 rings (SSSR count). The van der Waals surface area contributed by atoms with Crippen LogP contribution in [-0.4, -0.2) is 30.0 Å². The highest BCUT2D eigenvalue weighted by Gasteiger charge is 2.17. The monoisotopic (exact) mass is 364 g/mol. The van der Waals surface area contributed by atoms with Crippen molar-refractivity contribution in [1.82, 2.24) is 4.57 Å². The molecule has 3 aromatic rings. The molecule has 0 radical (unpaired) electrons. The zero-order chi connectivity index (χ0) is 19.2. The van der Waals surface area contributed by atoms with Crippen LogP contribution in [-0.2, 0) is 16.1 Å². The van der Waals surface area contributed by atoms with Crippen LogP contribution < -0.4 is 5.32 Å². The largest absolute Gasteiger partial charge is 0.466 e. The van der Waals surface area contributed by atoms with Gasteiger partial charge in [0.2, 0.25) is 0 Å². The summed E-state index contributed by atoms with van der Waals surface area (Å²) in [6.45, 7) is 2.86. The summed E-state index contributed by atoms with van der Waals surface area (Å²) < 4.78 is 7.03. The standard InChI is InChI=1S/C22H24N2O3/c1-3-27-21(25)12-7-13-24-15-19(18-10-4-5-11-20(18)24)22(26)16-8-6-9-17(14-16)23-2/h4-6,8-11,14-15,23H,3,7,12-13H2,1-2H3. The SMILES string of the molecule is CCOC(=O)CCCn1cc(C(=O)c2cccc(NC)c2)c2ccccc21. The van der Waals surface area contributed by atoms with Crippen LogP contribution >= 0.6 is 0 Å². The smallest absolute Gasteiger partial charge is 0.305 e. The van der Waals surface area contributed by atoms with Crippen LogP contribution in [0.25, 0.3) is 10.9 Å². The molecule has 0 unspecified atom stereocenters. The van der Waals surface area contributed by atoms with E-state index in [9.17, 15) is 9.59 Å². The number of esters is 1. The Morgan fingerprint density at radius 2 is 1.93 bits per heavy atom. The number of ketones is 1. The molecule has 0 fully saturated rings. The van der Waals surface area contributed by atoms with Gasteiger partial charge in [-0.2, -0.15) is 0 Å². The number of para-hydroxylation sites is 1. The fourth-order valence-corrected chi connectivity index (χ4v) is 3.21. The summed E-state index contributed by atoms with van der Waals surface area (Å²) in [5.74, 6) is -0.193. The number of aromatic nitrogens is 1. The first-order valence-electron chi connectivity index (χ1n) is 9.20. The average Bonchev–Trinajstić information content (AvgIpc) is 3.06. The van der Waals surface area contributed by atoms with Crippen LogP contribution in [0.1, 0.15) is 35.7 Å². The Morgan fingerprint density at radius 3 is 2.70 bits per heavy atom. The Kier molecular flexibility index (Phi) is 5.91. The highest BCUT2D eigenvalue weighted by Crippen LogP contribution is 2.25. The van der Waals surface area contributed by atoms with Crippen molar-refractivity contribution in [2.45, 2.75) is 26.3 Å². The van der Waals surface area contributed by atoms with Crippen molar-refractivity contribution in [2.24, 2.45) is 0 Å². The molecule has 140 valence electrons. The molecule has 0 aliphatic carbocycles. The van der Waals surface area contributed by atoms with Crippen LogP contribution in [0.3, 0.4) is 0 Å². The Labute approximate surface area is 158 Å². The van der Waals surface area contributed by atoms with Gasteiger partial charge in [0.1, 0.15) is 0 Å². The van der Waals surface area contributed by atoms with E-state index in [-0.39, 0.29) is 11.8 Å². The number of fused-ring (bicyclic) bond motifs is 1. The van der Waals surface area contributed by atoms with Gasteiger partial charge in [0, 0.05) is 53.9 Å². The average molecular weight is 364 g/mol. The molecule has 0 bridgehead atoms. The fraction of sp³-hybridized carbons (Fsp3) is 0.273. The van der Waals surface area contributed by atoms with Gasteiger partial charge < -0.3 is 14.6 Å². The number of carbonyl (C=O) groups excluding carboxylic acids is 2. The maximum atomic E-state index is 13.1. The number of carbonyl (C=O) groups is 2. The Balaban J connectivity index is 1.87. The number of benzene rings is 2. The first kappa shape index (κ1) is 18.7. The van der Waals surface area contributed by atoms with E-state index in [1.807, 2.05) is 66.3 Å². The number of anilines is 1. The van der Waals surface area contributed by atoms with Gasteiger partial charge in [-0.15, -0.1) is 0 Å². The van der Waals surface area contributed by atoms with E-state index >= 15 is 0 Å². The van der Waals surface area contributed by atoms with Gasteiger partial charge in [-0.25, -0.2) is 0 Å². The molecule has 1 heterocycles. The minimum atomic E-state index is -0.186. The Bertz CT molecular complexity index is 959. The minimum absolute atomic E-state index is 0.00700. The predicted octanol–water partition coefficient (Wildman–Crippen LogP) is 4.26. The molecule has 0 aliphatic rings. The summed E-state index contributed by atoms with van der Waals surface area (Å²) in [4.78, 5) is 24.7. The third-order valence-corrected chi connectivity index (χ3v) is 4.53. The lowest BCUT2D eigenvalue weighted by Gasteiger charge is -2.05. The summed E-state index contributed by atoms with van der Waals surface area (Å²) in [5, 5.41) is 3.99. The molecule has 0 aliphatic heterocycles. The van der Waals surface area contributed by atoms with Gasteiger partial charge in [-0.3, -0.25) is 9.59 Å². The van der Waals surface area contributed by atoms with Crippen molar-refractivity contribution in [3.05, 3.63) is 65.9 Å². The summed E-state index contributed by atoms with van der Waals surface area (Å²) in [6, 6.07) is 15.3. The van der Waals surface area contributed by atoms with Crippen molar-refractivity contribution in [3.63, 3.8) is 0 Å². The van der Waals surface area contributed by atoms with E-state index < -0.39 is 0 Å². The molecule has 0 atom stereocenters.